The zero-order valence-corrected chi connectivity index (χ0v) is 11.7. The van der Waals surface area contributed by atoms with Crippen LogP contribution in [0.25, 0.3) is 0 Å². The molecule has 0 amide bonds. The van der Waals surface area contributed by atoms with Crippen LogP contribution in [0.4, 0.5) is 0 Å². The molecule has 0 aromatic heterocycles. The monoisotopic (exact) mass is 244 g/mol. The highest BCUT2D eigenvalue weighted by atomic mass is 16.5. The van der Waals surface area contributed by atoms with E-state index in [0.717, 1.165) is 6.54 Å². The maximum atomic E-state index is 5.34. The van der Waals surface area contributed by atoms with E-state index in [0.29, 0.717) is 18.7 Å². The number of nitrogens with zero attached hydrogens (tertiary/aromatic N) is 1. The van der Waals surface area contributed by atoms with Crippen LogP contribution in [0.15, 0.2) is 0 Å². The predicted molar refractivity (Wildman–Crippen MR) is 70.4 cm³/mol. The summed E-state index contributed by atoms with van der Waals surface area (Å²) < 4.78 is 10.5. The van der Waals surface area contributed by atoms with Crippen LogP contribution in [0.3, 0.4) is 0 Å². The first-order chi connectivity index (χ1) is 8.17. The molecule has 1 unspecified atom stereocenters. The standard InChI is InChI=1S/C13H28N2O2/c1-11(2)15-7-5-12(6-8-15)14-9-13(17-4)10-16-3/h11-14H,5-10H2,1-4H3. The molecule has 1 rings (SSSR count). The fourth-order valence-corrected chi connectivity index (χ4v) is 2.31. The lowest BCUT2D eigenvalue weighted by atomic mass is 10.0. The van der Waals surface area contributed by atoms with Crippen molar-refractivity contribution in [1.82, 2.24) is 10.2 Å². The van der Waals surface area contributed by atoms with Gasteiger partial charge in [0.05, 0.1) is 12.7 Å². The van der Waals surface area contributed by atoms with E-state index in [1.165, 1.54) is 25.9 Å². The van der Waals surface area contributed by atoms with Crippen LogP contribution in [-0.4, -0.2) is 63.5 Å². The van der Waals surface area contributed by atoms with Crippen molar-refractivity contribution in [2.24, 2.45) is 0 Å². The summed E-state index contributed by atoms with van der Waals surface area (Å²) >= 11 is 0. The average Bonchev–Trinajstić information content (AvgIpc) is 2.35. The van der Waals surface area contributed by atoms with E-state index in [9.17, 15) is 0 Å². The molecule has 1 atom stereocenters. The number of piperidine rings is 1. The Kier molecular flexibility index (Phi) is 7.04. The van der Waals surface area contributed by atoms with Crippen molar-refractivity contribution in [2.75, 3.05) is 40.5 Å². The lowest BCUT2D eigenvalue weighted by Gasteiger charge is -2.35. The van der Waals surface area contributed by atoms with E-state index < -0.39 is 0 Å². The zero-order chi connectivity index (χ0) is 12.7. The number of rotatable bonds is 7. The Morgan fingerprint density at radius 3 is 2.35 bits per heavy atom. The molecule has 17 heavy (non-hydrogen) atoms. The van der Waals surface area contributed by atoms with E-state index >= 15 is 0 Å². The molecule has 4 heteroatoms. The van der Waals surface area contributed by atoms with E-state index in [4.69, 9.17) is 9.47 Å². The van der Waals surface area contributed by atoms with Crippen LogP contribution >= 0.6 is 0 Å². The molecule has 1 heterocycles. The van der Waals surface area contributed by atoms with Crippen molar-refractivity contribution >= 4 is 0 Å². The molecule has 1 N–H and O–H groups in total. The van der Waals surface area contributed by atoms with Gasteiger partial charge < -0.3 is 19.7 Å². The lowest BCUT2D eigenvalue weighted by Crippen LogP contribution is -2.47. The third kappa shape index (κ3) is 5.34. The second-order valence-corrected chi connectivity index (χ2v) is 5.13. The predicted octanol–water partition coefficient (Wildman–Crippen LogP) is 1.11. The van der Waals surface area contributed by atoms with Crippen LogP contribution in [0.5, 0.6) is 0 Å². The molecule has 1 aliphatic heterocycles. The average molecular weight is 244 g/mol. The number of nitrogens with one attached hydrogen (secondary N) is 1. The van der Waals surface area contributed by atoms with Gasteiger partial charge in [0.2, 0.25) is 0 Å². The highest BCUT2D eigenvalue weighted by molar-refractivity contribution is 4.79. The van der Waals surface area contributed by atoms with Crippen LogP contribution in [0.1, 0.15) is 26.7 Å². The van der Waals surface area contributed by atoms with E-state index in [-0.39, 0.29) is 6.10 Å². The van der Waals surface area contributed by atoms with Crippen molar-refractivity contribution in [3.05, 3.63) is 0 Å². The lowest BCUT2D eigenvalue weighted by molar-refractivity contribution is 0.0254. The summed E-state index contributed by atoms with van der Waals surface area (Å²) in [5.74, 6) is 0. The maximum Gasteiger partial charge on any atom is 0.0928 e. The van der Waals surface area contributed by atoms with Crippen molar-refractivity contribution in [3.8, 4) is 0 Å². The number of likely N-dealkylation sites (tertiary alicyclic amines) is 1. The Hall–Kier alpha value is -0.160. The molecule has 0 aromatic rings. The van der Waals surface area contributed by atoms with Gasteiger partial charge in [-0.2, -0.15) is 0 Å². The summed E-state index contributed by atoms with van der Waals surface area (Å²) in [6.07, 6.45) is 2.64. The molecular formula is C13H28N2O2. The quantitative estimate of drug-likeness (QED) is 0.727. The van der Waals surface area contributed by atoms with Crippen LogP contribution in [0.2, 0.25) is 0 Å². The van der Waals surface area contributed by atoms with Gasteiger partial charge in [-0.15, -0.1) is 0 Å². The first-order valence-electron chi connectivity index (χ1n) is 6.66. The Morgan fingerprint density at radius 2 is 1.88 bits per heavy atom. The minimum absolute atomic E-state index is 0.170. The number of hydrogen-bond donors (Lipinski definition) is 1. The molecule has 4 nitrogen and oxygen atoms in total. The molecular weight excluding hydrogens is 216 g/mol. The van der Waals surface area contributed by atoms with E-state index in [1.807, 2.05) is 0 Å². The topological polar surface area (TPSA) is 33.7 Å². The van der Waals surface area contributed by atoms with Crippen LogP contribution in [0, 0.1) is 0 Å². The van der Waals surface area contributed by atoms with E-state index in [1.54, 1.807) is 14.2 Å². The molecule has 1 aliphatic rings. The Labute approximate surface area is 106 Å². The van der Waals surface area contributed by atoms with Crippen molar-refractivity contribution in [2.45, 2.75) is 44.9 Å². The molecule has 0 radical (unpaired) electrons. The number of methoxy groups -OCH3 is 2. The SMILES string of the molecule is COCC(CNC1CCN(C(C)C)CC1)OC. The fraction of sp³-hybridized carbons (Fsp3) is 1.00. The summed E-state index contributed by atoms with van der Waals surface area (Å²) in [7, 11) is 3.46. The molecule has 0 spiro atoms. The van der Waals surface area contributed by atoms with Gasteiger partial charge in [-0.3, -0.25) is 0 Å². The van der Waals surface area contributed by atoms with Gasteiger partial charge >= 0.3 is 0 Å². The molecule has 1 fully saturated rings. The first-order valence-corrected chi connectivity index (χ1v) is 6.66. The number of hydrogen-bond acceptors (Lipinski definition) is 4. The van der Waals surface area contributed by atoms with Crippen molar-refractivity contribution < 1.29 is 9.47 Å². The highest BCUT2D eigenvalue weighted by Gasteiger charge is 2.21. The van der Waals surface area contributed by atoms with Gasteiger partial charge in [-0.05, 0) is 39.8 Å². The molecule has 1 saturated heterocycles. The smallest absolute Gasteiger partial charge is 0.0928 e. The van der Waals surface area contributed by atoms with Gasteiger partial charge in [0.1, 0.15) is 0 Å². The van der Waals surface area contributed by atoms with Crippen LogP contribution in [-0.2, 0) is 9.47 Å². The van der Waals surface area contributed by atoms with Gasteiger partial charge in [0.25, 0.3) is 0 Å². The first kappa shape index (κ1) is 14.9. The summed E-state index contributed by atoms with van der Waals surface area (Å²) in [5, 5.41) is 3.59. The molecule has 0 saturated carbocycles. The van der Waals surface area contributed by atoms with Crippen LogP contribution < -0.4 is 5.32 Å². The fourth-order valence-electron chi connectivity index (χ4n) is 2.31. The number of ether oxygens (including phenoxy) is 2. The largest absolute Gasteiger partial charge is 0.382 e. The minimum Gasteiger partial charge on any atom is -0.382 e. The molecule has 0 aromatic carbocycles. The highest BCUT2D eigenvalue weighted by Crippen LogP contribution is 2.12. The van der Waals surface area contributed by atoms with E-state index in [2.05, 4.69) is 24.1 Å². The summed E-state index contributed by atoms with van der Waals surface area (Å²) in [4.78, 5) is 2.54. The summed E-state index contributed by atoms with van der Waals surface area (Å²) in [6.45, 7) is 8.50. The summed E-state index contributed by atoms with van der Waals surface area (Å²) in [6, 6.07) is 1.32. The van der Waals surface area contributed by atoms with Gasteiger partial charge in [-0.1, -0.05) is 0 Å². The van der Waals surface area contributed by atoms with Gasteiger partial charge in [0.15, 0.2) is 0 Å². The van der Waals surface area contributed by atoms with Gasteiger partial charge in [0, 0.05) is 32.8 Å². The second-order valence-electron chi connectivity index (χ2n) is 5.13. The summed E-state index contributed by atoms with van der Waals surface area (Å²) in [5.41, 5.74) is 0. The molecule has 0 aliphatic carbocycles. The second kappa shape index (κ2) is 8.03. The van der Waals surface area contributed by atoms with Crippen molar-refractivity contribution in [1.29, 1.82) is 0 Å². The minimum atomic E-state index is 0.170. The Bertz CT molecular complexity index is 192. The maximum absolute atomic E-state index is 5.34. The molecule has 0 bridgehead atoms. The van der Waals surface area contributed by atoms with Gasteiger partial charge in [-0.25, -0.2) is 0 Å². The van der Waals surface area contributed by atoms with Crippen molar-refractivity contribution in [3.63, 3.8) is 0 Å². The third-order valence-corrected chi connectivity index (χ3v) is 3.58. The third-order valence-electron chi connectivity index (χ3n) is 3.58. The normalized spacial score (nSPS) is 21.0. The molecule has 102 valence electrons. The Balaban J connectivity index is 2.17. The zero-order valence-electron chi connectivity index (χ0n) is 11.7. The Morgan fingerprint density at radius 1 is 1.24 bits per heavy atom.